The topological polar surface area (TPSA) is 84.1 Å². The zero-order chi connectivity index (χ0) is 16.2. The number of thioether (sulfide) groups is 1. The summed E-state index contributed by atoms with van der Waals surface area (Å²) in [5, 5.41) is 21.4. The Balaban J connectivity index is 1.71. The summed E-state index contributed by atoms with van der Waals surface area (Å²) in [6.45, 7) is 3.57. The molecule has 0 bridgehead atoms. The van der Waals surface area contributed by atoms with Crippen LogP contribution in [-0.4, -0.2) is 54.5 Å². The number of phenols is 1. The van der Waals surface area contributed by atoms with E-state index in [1.807, 2.05) is 11.8 Å². The van der Waals surface area contributed by atoms with Crippen LogP contribution in [0.25, 0.3) is 5.69 Å². The SMILES string of the molecule is C[C@H](Sc1nnnn1-c1ccc(O)cc1)C(=O)N1CCCCC1. The number of carbonyl (C=O) groups is 1. The van der Waals surface area contributed by atoms with E-state index < -0.39 is 0 Å². The molecule has 2 aromatic rings. The van der Waals surface area contributed by atoms with Crippen molar-refractivity contribution in [3.63, 3.8) is 0 Å². The van der Waals surface area contributed by atoms with Gasteiger partial charge in [0.15, 0.2) is 0 Å². The van der Waals surface area contributed by atoms with Gasteiger partial charge in [0.2, 0.25) is 11.1 Å². The number of aromatic hydroxyl groups is 1. The lowest BCUT2D eigenvalue weighted by Gasteiger charge is -2.28. The summed E-state index contributed by atoms with van der Waals surface area (Å²) in [5.74, 6) is 0.319. The molecule has 1 amide bonds. The van der Waals surface area contributed by atoms with Crippen molar-refractivity contribution < 1.29 is 9.90 Å². The number of hydrogen-bond donors (Lipinski definition) is 1. The van der Waals surface area contributed by atoms with Crippen LogP contribution >= 0.6 is 11.8 Å². The Kier molecular flexibility index (Phi) is 4.80. The fraction of sp³-hybridized carbons (Fsp3) is 0.467. The number of carbonyl (C=O) groups excluding carboxylic acids is 1. The van der Waals surface area contributed by atoms with Crippen LogP contribution in [0, 0.1) is 0 Å². The third-order valence-corrected chi connectivity index (χ3v) is 4.85. The van der Waals surface area contributed by atoms with Gasteiger partial charge in [-0.3, -0.25) is 4.79 Å². The third kappa shape index (κ3) is 3.64. The molecule has 1 aromatic carbocycles. The lowest BCUT2D eigenvalue weighted by atomic mass is 10.1. The zero-order valence-electron chi connectivity index (χ0n) is 12.9. The molecule has 0 saturated carbocycles. The normalized spacial score (nSPS) is 16.3. The number of hydrogen-bond acceptors (Lipinski definition) is 6. The minimum absolute atomic E-state index is 0.134. The van der Waals surface area contributed by atoms with E-state index >= 15 is 0 Å². The molecule has 0 spiro atoms. The van der Waals surface area contributed by atoms with Gasteiger partial charge in [0.25, 0.3) is 0 Å². The monoisotopic (exact) mass is 333 g/mol. The van der Waals surface area contributed by atoms with Crippen LogP contribution in [0.15, 0.2) is 29.4 Å². The summed E-state index contributed by atoms with van der Waals surface area (Å²) in [5.41, 5.74) is 0.743. The smallest absolute Gasteiger partial charge is 0.235 e. The number of aromatic nitrogens is 4. The number of phenolic OH excluding ortho intramolecular Hbond substituents is 1. The van der Waals surface area contributed by atoms with Gasteiger partial charge in [-0.1, -0.05) is 11.8 Å². The lowest BCUT2D eigenvalue weighted by molar-refractivity contribution is -0.131. The van der Waals surface area contributed by atoms with Crippen molar-refractivity contribution >= 4 is 17.7 Å². The molecule has 23 heavy (non-hydrogen) atoms. The molecule has 1 aromatic heterocycles. The lowest BCUT2D eigenvalue weighted by Crippen LogP contribution is -2.40. The molecule has 7 nitrogen and oxygen atoms in total. The molecule has 0 radical (unpaired) electrons. The first kappa shape index (κ1) is 15.8. The Morgan fingerprint density at radius 2 is 1.91 bits per heavy atom. The molecule has 1 atom stereocenters. The maximum atomic E-state index is 12.5. The Morgan fingerprint density at radius 1 is 1.22 bits per heavy atom. The van der Waals surface area contributed by atoms with Crippen LogP contribution in [-0.2, 0) is 4.79 Å². The van der Waals surface area contributed by atoms with Gasteiger partial charge in [-0.15, -0.1) is 5.10 Å². The first-order chi connectivity index (χ1) is 11.1. The number of nitrogens with zero attached hydrogens (tertiary/aromatic N) is 5. The highest BCUT2D eigenvalue weighted by Crippen LogP contribution is 2.25. The number of rotatable bonds is 4. The second-order valence-corrected chi connectivity index (χ2v) is 6.84. The van der Waals surface area contributed by atoms with Crippen molar-refractivity contribution in [2.45, 2.75) is 36.6 Å². The minimum atomic E-state index is -0.241. The number of tetrazole rings is 1. The van der Waals surface area contributed by atoms with Crippen molar-refractivity contribution in [2.75, 3.05) is 13.1 Å². The Bertz CT molecular complexity index is 667. The van der Waals surface area contributed by atoms with E-state index in [9.17, 15) is 9.90 Å². The van der Waals surface area contributed by atoms with Gasteiger partial charge in [-0.2, -0.15) is 4.68 Å². The third-order valence-electron chi connectivity index (χ3n) is 3.83. The van der Waals surface area contributed by atoms with Crippen LogP contribution in [0.5, 0.6) is 5.75 Å². The average molecular weight is 333 g/mol. The van der Waals surface area contributed by atoms with Crippen molar-refractivity contribution in [3.05, 3.63) is 24.3 Å². The van der Waals surface area contributed by atoms with Crippen molar-refractivity contribution in [2.24, 2.45) is 0 Å². The molecule has 1 N–H and O–H groups in total. The maximum Gasteiger partial charge on any atom is 0.235 e. The summed E-state index contributed by atoms with van der Waals surface area (Å²) in [7, 11) is 0. The highest BCUT2D eigenvalue weighted by atomic mass is 32.2. The van der Waals surface area contributed by atoms with Crippen LogP contribution in [0.1, 0.15) is 26.2 Å². The Morgan fingerprint density at radius 3 is 2.61 bits per heavy atom. The number of piperidine rings is 1. The molecule has 1 aliphatic heterocycles. The largest absolute Gasteiger partial charge is 0.508 e. The van der Waals surface area contributed by atoms with Crippen molar-refractivity contribution in [1.82, 2.24) is 25.1 Å². The van der Waals surface area contributed by atoms with Crippen molar-refractivity contribution in [3.8, 4) is 11.4 Å². The van der Waals surface area contributed by atoms with Gasteiger partial charge in [0.1, 0.15) is 5.75 Å². The summed E-state index contributed by atoms with van der Waals surface area (Å²) >= 11 is 1.35. The fourth-order valence-electron chi connectivity index (χ4n) is 2.59. The first-order valence-corrected chi connectivity index (χ1v) is 8.56. The second kappa shape index (κ2) is 6.99. The molecule has 0 unspecified atom stereocenters. The number of benzene rings is 1. The summed E-state index contributed by atoms with van der Waals surface area (Å²) in [6, 6.07) is 6.61. The minimum Gasteiger partial charge on any atom is -0.508 e. The second-order valence-electron chi connectivity index (χ2n) is 5.54. The molecule has 122 valence electrons. The van der Waals surface area contributed by atoms with E-state index in [1.165, 1.54) is 18.2 Å². The highest BCUT2D eigenvalue weighted by molar-refractivity contribution is 8.00. The maximum absolute atomic E-state index is 12.5. The molecule has 1 aliphatic rings. The number of amides is 1. The van der Waals surface area contributed by atoms with Gasteiger partial charge >= 0.3 is 0 Å². The van der Waals surface area contributed by atoms with Gasteiger partial charge < -0.3 is 10.0 Å². The molecule has 1 saturated heterocycles. The number of likely N-dealkylation sites (tertiary alicyclic amines) is 1. The molecule has 0 aliphatic carbocycles. The fourth-order valence-corrected chi connectivity index (χ4v) is 3.48. The van der Waals surface area contributed by atoms with E-state index in [0.717, 1.165) is 31.6 Å². The molecule has 3 rings (SSSR count). The van der Waals surface area contributed by atoms with Gasteiger partial charge in [-0.25, -0.2) is 0 Å². The Labute approximate surface area is 138 Å². The summed E-state index contributed by atoms with van der Waals surface area (Å²) in [6.07, 6.45) is 3.35. The van der Waals surface area contributed by atoms with E-state index in [0.29, 0.717) is 5.16 Å². The van der Waals surface area contributed by atoms with Crippen molar-refractivity contribution in [1.29, 1.82) is 0 Å². The zero-order valence-corrected chi connectivity index (χ0v) is 13.7. The van der Waals surface area contributed by atoms with E-state index in [4.69, 9.17) is 0 Å². The molecule has 1 fully saturated rings. The van der Waals surface area contributed by atoms with Gasteiger partial charge in [0, 0.05) is 13.1 Å². The molecular formula is C15H19N5O2S. The molecule has 2 heterocycles. The van der Waals surface area contributed by atoms with Crippen LogP contribution < -0.4 is 0 Å². The Hall–Kier alpha value is -2.09. The van der Waals surface area contributed by atoms with Crippen LogP contribution in [0.4, 0.5) is 0 Å². The summed E-state index contributed by atoms with van der Waals surface area (Å²) < 4.78 is 1.57. The van der Waals surface area contributed by atoms with Gasteiger partial charge in [-0.05, 0) is 60.9 Å². The summed E-state index contributed by atoms with van der Waals surface area (Å²) in [4.78, 5) is 14.4. The standard InChI is InChI=1S/C15H19N5O2S/c1-11(14(22)19-9-3-2-4-10-19)23-15-16-17-18-20(15)12-5-7-13(21)8-6-12/h5-8,11,21H,2-4,9-10H2,1H3/t11-/m0/s1. The molecule has 8 heteroatoms. The first-order valence-electron chi connectivity index (χ1n) is 7.68. The van der Waals surface area contributed by atoms with E-state index in [1.54, 1.807) is 28.9 Å². The van der Waals surface area contributed by atoms with E-state index in [2.05, 4.69) is 15.5 Å². The molecular weight excluding hydrogens is 314 g/mol. The van der Waals surface area contributed by atoms with E-state index in [-0.39, 0.29) is 16.9 Å². The average Bonchev–Trinajstić information content (AvgIpc) is 3.03. The van der Waals surface area contributed by atoms with Crippen LogP contribution in [0.3, 0.4) is 0 Å². The van der Waals surface area contributed by atoms with Gasteiger partial charge in [0.05, 0.1) is 10.9 Å². The highest BCUT2D eigenvalue weighted by Gasteiger charge is 2.25. The predicted molar refractivity (Wildman–Crippen MR) is 86.6 cm³/mol. The van der Waals surface area contributed by atoms with Crippen LogP contribution in [0.2, 0.25) is 0 Å². The quantitative estimate of drug-likeness (QED) is 0.860. The predicted octanol–water partition coefficient (Wildman–Crippen LogP) is 1.86.